The normalized spacial score (nSPS) is 12.5. The molecule has 0 aliphatic carbocycles. The number of aryl methyl sites for hydroxylation is 1. The SMILES string of the molecule is Cn1cc(NC(=O)c2cc(-c3ccc4c(c3)OCCO4)nc3ccccc23)c(=O)n(C)c1=O. The second-order valence-corrected chi connectivity index (χ2v) is 7.69. The smallest absolute Gasteiger partial charge is 0.330 e. The number of aromatic nitrogens is 3. The van der Waals surface area contributed by atoms with Gasteiger partial charge in [0.05, 0.1) is 16.8 Å². The second kappa shape index (κ2) is 7.94. The third kappa shape index (κ3) is 3.63. The number of hydrogen-bond donors (Lipinski definition) is 1. The van der Waals surface area contributed by atoms with Gasteiger partial charge in [0.15, 0.2) is 11.5 Å². The molecule has 0 bridgehead atoms. The summed E-state index contributed by atoms with van der Waals surface area (Å²) in [5, 5.41) is 3.29. The van der Waals surface area contributed by atoms with Crippen LogP contribution >= 0.6 is 0 Å². The number of benzene rings is 2. The average Bonchev–Trinajstić information content (AvgIpc) is 2.85. The molecule has 33 heavy (non-hydrogen) atoms. The molecule has 1 aliphatic heterocycles. The molecule has 5 rings (SSSR count). The summed E-state index contributed by atoms with van der Waals surface area (Å²) in [6.07, 6.45) is 1.31. The van der Waals surface area contributed by atoms with Crippen molar-refractivity contribution in [3.05, 3.63) is 81.1 Å². The number of nitrogens with zero attached hydrogens (tertiary/aromatic N) is 3. The Bertz CT molecular complexity index is 1540. The van der Waals surface area contributed by atoms with Crippen molar-refractivity contribution in [3.63, 3.8) is 0 Å². The van der Waals surface area contributed by atoms with E-state index in [1.165, 1.54) is 24.9 Å². The van der Waals surface area contributed by atoms with Crippen LogP contribution in [-0.2, 0) is 14.1 Å². The Morgan fingerprint density at radius 3 is 2.58 bits per heavy atom. The average molecular weight is 444 g/mol. The van der Waals surface area contributed by atoms with Gasteiger partial charge in [-0.2, -0.15) is 0 Å². The highest BCUT2D eigenvalue weighted by atomic mass is 16.6. The number of hydrogen-bond acceptors (Lipinski definition) is 6. The van der Waals surface area contributed by atoms with E-state index in [2.05, 4.69) is 5.32 Å². The number of pyridine rings is 1. The van der Waals surface area contributed by atoms with Crippen molar-refractivity contribution >= 4 is 22.5 Å². The highest BCUT2D eigenvalue weighted by molar-refractivity contribution is 6.13. The summed E-state index contributed by atoms with van der Waals surface area (Å²) in [5.74, 6) is 0.797. The van der Waals surface area contributed by atoms with Gasteiger partial charge in [0.25, 0.3) is 11.5 Å². The summed E-state index contributed by atoms with van der Waals surface area (Å²) in [6.45, 7) is 0.958. The summed E-state index contributed by atoms with van der Waals surface area (Å²) in [4.78, 5) is 42.5. The molecule has 0 spiro atoms. The summed E-state index contributed by atoms with van der Waals surface area (Å²) >= 11 is 0. The quantitative estimate of drug-likeness (QED) is 0.520. The fourth-order valence-electron chi connectivity index (χ4n) is 3.80. The van der Waals surface area contributed by atoms with Crippen molar-refractivity contribution in [2.45, 2.75) is 0 Å². The van der Waals surface area contributed by atoms with Crippen molar-refractivity contribution < 1.29 is 14.3 Å². The zero-order chi connectivity index (χ0) is 23.1. The van der Waals surface area contributed by atoms with Gasteiger partial charge in [-0.05, 0) is 30.3 Å². The predicted octanol–water partition coefficient (Wildman–Crippen LogP) is 2.32. The van der Waals surface area contributed by atoms with Gasteiger partial charge in [-0.25, -0.2) is 9.78 Å². The van der Waals surface area contributed by atoms with Gasteiger partial charge in [0.2, 0.25) is 0 Å². The van der Waals surface area contributed by atoms with E-state index < -0.39 is 17.2 Å². The van der Waals surface area contributed by atoms with Crippen LogP contribution in [0.4, 0.5) is 5.69 Å². The maximum Gasteiger partial charge on any atom is 0.330 e. The first-order chi connectivity index (χ1) is 15.9. The molecule has 0 fully saturated rings. The van der Waals surface area contributed by atoms with E-state index in [0.717, 1.165) is 10.1 Å². The van der Waals surface area contributed by atoms with Crippen LogP contribution in [0, 0.1) is 0 Å². The molecule has 1 N–H and O–H groups in total. The standard InChI is InChI=1S/C24H20N4O5/c1-27-13-19(23(30)28(2)24(27)31)26-22(29)16-12-18(25-17-6-4-3-5-15(16)17)14-7-8-20-21(11-14)33-10-9-32-20/h3-8,11-13H,9-10H2,1-2H3,(H,26,29). The monoisotopic (exact) mass is 444 g/mol. The molecule has 0 atom stereocenters. The number of carbonyl (C=O) groups is 1. The van der Waals surface area contributed by atoms with Gasteiger partial charge in [-0.3, -0.25) is 14.2 Å². The lowest BCUT2D eigenvalue weighted by molar-refractivity contribution is 0.102. The lowest BCUT2D eigenvalue weighted by atomic mass is 10.0. The number of carbonyl (C=O) groups excluding carboxylic acids is 1. The number of amides is 1. The molecule has 0 saturated heterocycles. The molecule has 0 radical (unpaired) electrons. The maximum atomic E-state index is 13.3. The molecule has 1 amide bonds. The molecule has 9 heteroatoms. The zero-order valence-electron chi connectivity index (χ0n) is 18.0. The molecule has 3 heterocycles. The van der Waals surface area contributed by atoms with E-state index in [1.54, 1.807) is 12.1 Å². The minimum Gasteiger partial charge on any atom is -0.486 e. The molecule has 0 saturated carbocycles. The Labute approximate surface area is 187 Å². The lowest BCUT2D eigenvalue weighted by Crippen LogP contribution is -2.38. The summed E-state index contributed by atoms with van der Waals surface area (Å²) in [5.41, 5.74) is 1.25. The zero-order valence-corrected chi connectivity index (χ0v) is 18.0. The molecule has 0 unspecified atom stereocenters. The van der Waals surface area contributed by atoms with Gasteiger partial charge in [0.1, 0.15) is 18.9 Å². The van der Waals surface area contributed by atoms with Crippen LogP contribution in [0.2, 0.25) is 0 Å². The molecule has 4 aromatic rings. The van der Waals surface area contributed by atoms with Gasteiger partial charge in [-0.15, -0.1) is 0 Å². The van der Waals surface area contributed by atoms with Gasteiger partial charge < -0.3 is 19.4 Å². The molecular weight excluding hydrogens is 424 g/mol. The summed E-state index contributed by atoms with van der Waals surface area (Å²) in [7, 11) is 2.88. The van der Waals surface area contributed by atoms with Crippen molar-refractivity contribution in [2.75, 3.05) is 18.5 Å². The van der Waals surface area contributed by atoms with Gasteiger partial charge in [-0.1, -0.05) is 18.2 Å². The van der Waals surface area contributed by atoms with Crippen LogP contribution < -0.4 is 26.0 Å². The van der Waals surface area contributed by atoms with E-state index in [0.29, 0.717) is 46.9 Å². The number of nitrogens with one attached hydrogen (secondary N) is 1. The topological polar surface area (TPSA) is 104 Å². The minimum atomic E-state index is -0.586. The molecule has 2 aromatic heterocycles. The minimum absolute atomic E-state index is 0.00590. The predicted molar refractivity (Wildman–Crippen MR) is 123 cm³/mol. The number of anilines is 1. The highest BCUT2D eigenvalue weighted by Gasteiger charge is 2.18. The maximum absolute atomic E-state index is 13.3. The Hall–Kier alpha value is -4.40. The van der Waals surface area contributed by atoms with E-state index in [1.807, 2.05) is 36.4 Å². The van der Waals surface area contributed by atoms with Crippen molar-refractivity contribution in [1.29, 1.82) is 0 Å². The van der Waals surface area contributed by atoms with Crippen LogP contribution in [0.1, 0.15) is 10.4 Å². The van der Waals surface area contributed by atoms with Crippen LogP contribution in [0.25, 0.3) is 22.2 Å². The van der Waals surface area contributed by atoms with Crippen LogP contribution in [0.15, 0.2) is 64.3 Å². The summed E-state index contributed by atoms with van der Waals surface area (Å²) in [6, 6.07) is 14.4. The number of ether oxygens (including phenoxy) is 2. The second-order valence-electron chi connectivity index (χ2n) is 7.69. The fourth-order valence-corrected chi connectivity index (χ4v) is 3.80. The number of fused-ring (bicyclic) bond motifs is 2. The van der Waals surface area contributed by atoms with E-state index >= 15 is 0 Å². The van der Waals surface area contributed by atoms with Crippen molar-refractivity contribution in [3.8, 4) is 22.8 Å². The van der Waals surface area contributed by atoms with E-state index in [-0.39, 0.29) is 5.69 Å². The van der Waals surface area contributed by atoms with Gasteiger partial charge in [0, 0.05) is 31.2 Å². The van der Waals surface area contributed by atoms with Crippen LogP contribution in [0.5, 0.6) is 11.5 Å². The summed E-state index contributed by atoms with van der Waals surface area (Å²) < 4.78 is 13.4. The Kier molecular flexibility index (Phi) is 4.93. The van der Waals surface area contributed by atoms with Crippen LogP contribution in [0.3, 0.4) is 0 Å². The van der Waals surface area contributed by atoms with Crippen LogP contribution in [-0.4, -0.2) is 33.2 Å². The first kappa shape index (κ1) is 20.5. The van der Waals surface area contributed by atoms with Gasteiger partial charge >= 0.3 is 5.69 Å². The third-order valence-corrected chi connectivity index (χ3v) is 5.49. The lowest BCUT2D eigenvalue weighted by Gasteiger charge is -2.19. The number of rotatable bonds is 3. The Morgan fingerprint density at radius 2 is 1.76 bits per heavy atom. The first-order valence-corrected chi connectivity index (χ1v) is 10.3. The third-order valence-electron chi connectivity index (χ3n) is 5.49. The molecular formula is C24H20N4O5. The Morgan fingerprint density at radius 1 is 1.00 bits per heavy atom. The molecule has 9 nitrogen and oxygen atoms in total. The first-order valence-electron chi connectivity index (χ1n) is 10.3. The van der Waals surface area contributed by atoms with E-state index in [9.17, 15) is 14.4 Å². The highest BCUT2D eigenvalue weighted by Crippen LogP contribution is 2.35. The van der Waals surface area contributed by atoms with Crippen molar-refractivity contribution in [2.24, 2.45) is 14.1 Å². The largest absolute Gasteiger partial charge is 0.486 e. The molecule has 1 aliphatic rings. The number of para-hydroxylation sites is 1. The van der Waals surface area contributed by atoms with Crippen molar-refractivity contribution in [1.82, 2.24) is 14.1 Å². The molecule has 166 valence electrons. The molecule has 2 aromatic carbocycles. The van der Waals surface area contributed by atoms with E-state index in [4.69, 9.17) is 14.5 Å². The fraction of sp³-hybridized carbons (Fsp3) is 0.167. The Balaban J connectivity index is 1.61.